The number of carbonyl (C=O) groups excluding carboxylic acids is 1. The molecule has 3 N–H and O–H groups in total. The molecule has 1 unspecified atom stereocenters. The molecule has 1 fully saturated rings. The largest absolute Gasteiger partial charge is 0.389 e. The molecule has 2 atom stereocenters. The third-order valence-electron chi connectivity index (χ3n) is 3.87. The van der Waals surface area contributed by atoms with Crippen molar-refractivity contribution in [2.24, 2.45) is 11.1 Å². The van der Waals surface area contributed by atoms with Crippen molar-refractivity contribution in [2.45, 2.75) is 26.4 Å². The third-order valence-corrected chi connectivity index (χ3v) is 4.55. The van der Waals surface area contributed by atoms with E-state index in [0.717, 1.165) is 28.7 Å². The highest BCUT2D eigenvalue weighted by atomic mass is 79.9. The first-order chi connectivity index (χ1) is 8.83. The van der Waals surface area contributed by atoms with Crippen LogP contribution in [0.15, 0.2) is 22.7 Å². The van der Waals surface area contributed by atoms with Crippen LogP contribution in [0.4, 0.5) is 5.69 Å². The molecule has 1 saturated heterocycles. The van der Waals surface area contributed by atoms with Crippen LogP contribution in [-0.4, -0.2) is 24.1 Å². The summed E-state index contributed by atoms with van der Waals surface area (Å²) in [6.07, 6.45) is 0.274. The van der Waals surface area contributed by atoms with Gasteiger partial charge in [-0.2, -0.15) is 0 Å². The van der Waals surface area contributed by atoms with Gasteiger partial charge in [0.15, 0.2) is 0 Å². The summed E-state index contributed by atoms with van der Waals surface area (Å²) in [6.45, 7) is 5.11. The molecule has 4 nitrogen and oxygen atoms in total. The monoisotopic (exact) mass is 326 g/mol. The van der Waals surface area contributed by atoms with Crippen molar-refractivity contribution in [3.8, 4) is 0 Å². The van der Waals surface area contributed by atoms with E-state index in [1.807, 2.05) is 25.1 Å². The number of aliphatic hydroxyl groups is 1. The molecule has 0 spiro atoms. The molecule has 1 aliphatic rings. The number of halogens is 1. The Bertz CT molecular complexity index is 504. The summed E-state index contributed by atoms with van der Waals surface area (Å²) in [6, 6.07) is 5.86. The zero-order chi connectivity index (χ0) is 14.2. The first kappa shape index (κ1) is 14.3. The minimum Gasteiger partial charge on any atom is -0.389 e. The number of primary amides is 1. The summed E-state index contributed by atoms with van der Waals surface area (Å²) in [5.74, 6) is -0.241. The number of rotatable bonds is 3. The zero-order valence-electron chi connectivity index (χ0n) is 11.2. The van der Waals surface area contributed by atoms with Crippen LogP contribution < -0.4 is 10.6 Å². The smallest absolute Gasteiger partial charge is 0.225 e. The van der Waals surface area contributed by atoms with E-state index in [0.29, 0.717) is 6.54 Å². The van der Waals surface area contributed by atoms with Crippen molar-refractivity contribution in [2.75, 3.05) is 18.0 Å². The number of anilines is 1. The molecule has 104 valence electrons. The Hall–Kier alpha value is -1.07. The number of carbonyl (C=O) groups is 1. The van der Waals surface area contributed by atoms with Gasteiger partial charge in [0.1, 0.15) is 0 Å². The van der Waals surface area contributed by atoms with Crippen LogP contribution in [0.3, 0.4) is 0 Å². The van der Waals surface area contributed by atoms with E-state index in [2.05, 4.69) is 20.8 Å². The van der Waals surface area contributed by atoms with Gasteiger partial charge in [0, 0.05) is 23.2 Å². The summed E-state index contributed by atoms with van der Waals surface area (Å²) < 4.78 is 0.882. The number of aliphatic hydroxyl groups excluding tert-OH is 1. The highest BCUT2D eigenvalue weighted by Gasteiger charge is 2.38. The highest BCUT2D eigenvalue weighted by molar-refractivity contribution is 9.10. The highest BCUT2D eigenvalue weighted by Crippen LogP contribution is 2.35. The minimum absolute atomic E-state index is 0.241. The Morgan fingerprint density at radius 2 is 2.26 bits per heavy atom. The van der Waals surface area contributed by atoms with Gasteiger partial charge in [0.2, 0.25) is 5.91 Å². The van der Waals surface area contributed by atoms with E-state index in [9.17, 15) is 9.90 Å². The van der Waals surface area contributed by atoms with Crippen molar-refractivity contribution >= 4 is 27.5 Å². The topological polar surface area (TPSA) is 66.6 Å². The van der Waals surface area contributed by atoms with Crippen LogP contribution in [0, 0.1) is 5.41 Å². The number of nitrogens with two attached hydrogens (primary N) is 1. The van der Waals surface area contributed by atoms with Gasteiger partial charge in [-0.3, -0.25) is 4.79 Å². The van der Waals surface area contributed by atoms with E-state index in [-0.39, 0.29) is 5.91 Å². The molecule has 2 rings (SSSR count). The van der Waals surface area contributed by atoms with Crippen molar-refractivity contribution in [3.63, 3.8) is 0 Å². The standard InChI is InChI=1S/C14H19BrN2O2/c1-9(18)11-4-3-10(7-12(11)15)17-6-5-14(2,8-17)13(16)19/h3-4,7,9,18H,5-6,8H2,1-2H3,(H2,16,19)/t9-,14?/m1/s1. The van der Waals surface area contributed by atoms with Gasteiger partial charge in [-0.1, -0.05) is 22.0 Å². The zero-order valence-corrected chi connectivity index (χ0v) is 12.8. The van der Waals surface area contributed by atoms with E-state index >= 15 is 0 Å². The maximum absolute atomic E-state index is 11.5. The first-order valence-electron chi connectivity index (χ1n) is 6.36. The number of benzene rings is 1. The molecule has 0 radical (unpaired) electrons. The van der Waals surface area contributed by atoms with E-state index in [4.69, 9.17) is 5.73 Å². The van der Waals surface area contributed by atoms with E-state index < -0.39 is 11.5 Å². The number of nitrogens with zero attached hydrogens (tertiary/aromatic N) is 1. The van der Waals surface area contributed by atoms with Crippen LogP contribution >= 0.6 is 15.9 Å². The lowest BCUT2D eigenvalue weighted by Gasteiger charge is -2.23. The maximum Gasteiger partial charge on any atom is 0.225 e. The molecule has 1 aromatic rings. The quantitative estimate of drug-likeness (QED) is 0.894. The number of amides is 1. The molecule has 1 amide bonds. The molecule has 1 aliphatic heterocycles. The van der Waals surface area contributed by atoms with Gasteiger partial charge < -0.3 is 15.7 Å². The maximum atomic E-state index is 11.5. The van der Waals surface area contributed by atoms with Crippen LogP contribution in [-0.2, 0) is 4.79 Å². The lowest BCUT2D eigenvalue weighted by molar-refractivity contribution is -0.125. The molecule has 5 heteroatoms. The van der Waals surface area contributed by atoms with Gasteiger partial charge >= 0.3 is 0 Å². The fraction of sp³-hybridized carbons (Fsp3) is 0.500. The van der Waals surface area contributed by atoms with Crippen LogP contribution in [0.1, 0.15) is 31.9 Å². The van der Waals surface area contributed by atoms with Gasteiger partial charge in [0.05, 0.1) is 11.5 Å². The van der Waals surface area contributed by atoms with E-state index in [1.54, 1.807) is 6.92 Å². The molecule has 0 aliphatic carbocycles. The summed E-state index contributed by atoms with van der Waals surface area (Å²) in [7, 11) is 0. The Kier molecular flexibility index (Phi) is 3.87. The van der Waals surface area contributed by atoms with Gasteiger partial charge in [-0.05, 0) is 38.0 Å². The molecule has 0 bridgehead atoms. The normalized spacial score (nSPS) is 24.5. The fourth-order valence-electron chi connectivity index (χ4n) is 2.43. The molecule has 0 saturated carbocycles. The third kappa shape index (κ3) is 2.77. The molecule has 19 heavy (non-hydrogen) atoms. The minimum atomic E-state index is -0.502. The summed E-state index contributed by atoms with van der Waals surface area (Å²) in [4.78, 5) is 13.6. The van der Waals surface area contributed by atoms with Crippen LogP contribution in [0.2, 0.25) is 0 Å². The Morgan fingerprint density at radius 1 is 1.58 bits per heavy atom. The van der Waals surface area contributed by atoms with Gasteiger partial charge in [-0.25, -0.2) is 0 Å². The Labute approximate surface area is 121 Å². The molecular formula is C14H19BrN2O2. The van der Waals surface area contributed by atoms with Gasteiger partial charge in [-0.15, -0.1) is 0 Å². The lowest BCUT2D eigenvalue weighted by atomic mass is 9.89. The molecular weight excluding hydrogens is 308 g/mol. The predicted octanol–water partition coefficient (Wildman–Crippen LogP) is 2.20. The first-order valence-corrected chi connectivity index (χ1v) is 7.15. The average Bonchev–Trinajstić information content (AvgIpc) is 2.73. The van der Waals surface area contributed by atoms with Crippen molar-refractivity contribution in [1.82, 2.24) is 0 Å². The second-order valence-electron chi connectivity index (χ2n) is 5.48. The number of hydrogen-bond donors (Lipinski definition) is 2. The van der Waals surface area contributed by atoms with Gasteiger partial charge in [0.25, 0.3) is 0 Å². The molecule has 1 heterocycles. The van der Waals surface area contributed by atoms with Crippen LogP contribution in [0.5, 0.6) is 0 Å². The lowest BCUT2D eigenvalue weighted by Crippen LogP contribution is -2.37. The molecule has 0 aromatic heterocycles. The van der Waals surface area contributed by atoms with Crippen molar-refractivity contribution in [3.05, 3.63) is 28.2 Å². The Morgan fingerprint density at radius 3 is 2.74 bits per heavy atom. The SMILES string of the molecule is C[C@@H](O)c1ccc(N2CCC(C)(C(N)=O)C2)cc1Br. The van der Waals surface area contributed by atoms with Crippen molar-refractivity contribution in [1.29, 1.82) is 0 Å². The van der Waals surface area contributed by atoms with Crippen molar-refractivity contribution < 1.29 is 9.90 Å². The van der Waals surface area contributed by atoms with E-state index in [1.165, 1.54) is 0 Å². The Balaban J connectivity index is 2.21. The van der Waals surface area contributed by atoms with Crippen LogP contribution in [0.25, 0.3) is 0 Å². The summed E-state index contributed by atoms with van der Waals surface area (Å²) >= 11 is 3.47. The molecule has 1 aromatic carbocycles. The average molecular weight is 327 g/mol. The fourth-order valence-corrected chi connectivity index (χ4v) is 3.13. The predicted molar refractivity (Wildman–Crippen MR) is 78.9 cm³/mol. The summed E-state index contributed by atoms with van der Waals surface area (Å²) in [5.41, 5.74) is 6.91. The number of hydrogen-bond acceptors (Lipinski definition) is 3. The second-order valence-corrected chi connectivity index (χ2v) is 6.33. The second kappa shape index (κ2) is 5.13. The summed E-state index contributed by atoms with van der Waals surface area (Å²) in [5, 5.41) is 9.61.